The van der Waals surface area contributed by atoms with E-state index in [9.17, 15) is 4.79 Å². The maximum Gasteiger partial charge on any atom is 0.130 e. The lowest BCUT2D eigenvalue weighted by molar-refractivity contribution is -0.117. The number of fused-ring (bicyclic) bond motifs is 3. The highest BCUT2D eigenvalue weighted by Crippen LogP contribution is 2.37. The van der Waals surface area contributed by atoms with Crippen molar-refractivity contribution in [2.75, 3.05) is 6.54 Å². The summed E-state index contributed by atoms with van der Waals surface area (Å²) in [6, 6.07) is 11.0. The zero-order valence-corrected chi connectivity index (χ0v) is 14.1. The van der Waals surface area contributed by atoms with Gasteiger partial charge in [-0.25, -0.2) is 0 Å². The van der Waals surface area contributed by atoms with Crippen LogP contribution in [0, 0.1) is 12.8 Å². The first-order chi connectivity index (χ1) is 10.6. The second-order valence-corrected chi connectivity index (χ2v) is 6.75. The van der Waals surface area contributed by atoms with E-state index in [2.05, 4.69) is 30.5 Å². The molecule has 120 valence electrons. The van der Waals surface area contributed by atoms with Crippen molar-refractivity contribution in [1.82, 2.24) is 4.90 Å². The number of aryl methyl sites for hydroxylation is 1. The molecule has 0 atom stereocenters. The molecule has 0 spiro atoms. The normalized spacial score (nSPS) is 22.7. The quantitative estimate of drug-likeness (QED) is 0.800. The van der Waals surface area contributed by atoms with E-state index in [1.54, 1.807) is 6.92 Å². The van der Waals surface area contributed by atoms with Gasteiger partial charge in [-0.05, 0) is 51.9 Å². The number of ketones is 1. The van der Waals surface area contributed by atoms with Gasteiger partial charge in [0.25, 0.3) is 0 Å². The van der Waals surface area contributed by atoms with E-state index >= 15 is 0 Å². The van der Waals surface area contributed by atoms with Crippen molar-refractivity contribution in [3.8, 4) is 0 Å². The summed E-state index contributed by atoms with van der Waals surface area (Å²) in [6.07, 6.45) is 7.00. The summed E-state index contributed by atoms with van der Waals surface area (Å²) in [7, 11) is 0. The van der Waals surface area contributed by atoms with Crippen LogP contribution in [0.15, 0.2) is 42.6 Å². The van der Waals surface area contributed by atoms with E-state index in [-0.39, 0.29) is 5.78 Å². The highest BCUT2D eigenvalue weighted by atomic mass is 16.1. The topological polar surface area (TPSA) is 20.3 Å². The van der Waals surface area contributed by atoms with Crippen LogP contribution in [0.25, 0.3) is 0 Å². The highest BCUT2D eigenvalue weighted by molar-refractivity contribution is 5.75. The van der Waals surface area contributed by atoms with E-state index in [4.69, 9.17) is 0 Å². The molecule has 0 unspecified atom stereocenters. The summed E-state index contributed by atoms with van der Waals surface area (Å²) < 4.78 is 0. The molecule has 1 aromatic rings. The Balaban J connectivity index is 0.000000211. The third kappa shape index (κ3) is 5.01. The zero-order chi connectivity index (χ0) is 15.9. The number of carbonyl (C=O) groups is 1. The molecule has 1 aromatic carbocycles. The van der Waals surface area contributed by atoms with Gasteiger partial charge in [-0.15, -0.1) is 0 Å². The third-order valence-corrected chi connectivity index (χ3v) is 4.82. The fourth-order valence-electron chi connectivity index (χ4n) is 3.45. The van der Waals surface area contributed by atoms with Crippen LogP contribution in [-0.2, 0) is 4.79 Å². The Morgan fingerprint density at radius 1 is 1.14 bits per heavy atom. The minimum atomic E-state index is 0.276. The molecule has 22 heavy (non-hydrogen) atoms. The average molecular weight is 299 g/mol. The second kappa shape index (κ2) is 8.17. The summed E-state index contributed by atoms with van der Waals surface area (Å²) in [6.45, 7) is 9.08. The summed E-state index contributed by atoms with van der Waals surface area (Å²) >= 11 is 0. The Hall–Kier alpha value is -1.57. The van der Waals surface area contributed by atoms with Crippen LogP contribution >= 0.6 is 0 Å². The van der Waals surface area contributed by atoms with Gasteiger partial charge in [0.15, 0.2) is 0 Å². The molecule has 2 bridgehead atoms. The SMILES string of the molecule is C=C(CCC(C)=O)N1CC2CCC1CC2.Cc1ccccc1. The summed E-state index contributed by atoms with van der Waals surface area (Å²) in [5.41, 5.74) is 2.52. The van der Waals surface area contributed by atoms with Crippen molar-refractivity contribution in [3.05, 3.63) is 48.2 Å². The van der Waals surface area contributed by atoms with Gasteiger partial charge in [-0.2, -0.15) is 0 Å². The molecule has 2 heterocycles. The summed E-state index contributed by atoms with van der Waals surface area (Å²) in [4.78, 5) is 13.4. The van der Waals surface area contributed by atoms with Crippen LogP contribution in [0.5, 0.6) is 0 Å². The van der Waals surface area contributed by atoms with E-state index in [1.165, 1.54) is 43.5 Å². The molecule has 0 radical (unpaired) electrons. The van der Waals surface area contributed by atoms with Gasteiger partial charge >= 0.3 is 0 Å². The Bertz CT molecular complexity index is 486. The zero-order valence-electron chi connectivity index (χ0n) is 14.1. The molecular formula is C20H29NO. The largest absolute Gasteiger partial charge is 0.372 e. The molecule has 1 saturated carbocycles. The molecule has 2 saturated heterocycles. The molecule has 4 rings (SSSR count). The predicted molar refractivity (Wildman–Crippen MR) is 92.7 cm³/mol. The smallest absolute Gasteiger partial charge is 0.130 e. The van der Waals surface area contributed by atoms with Crippen molar-refractivity contribution in [2.24, 2.45) is 5.92 Å². The van der Waals surface area contributed by atoms with E-state index < -0.39 is 0 Å². The van der Waals surface area contributed by atoms with Crippen LogP contribution in [-0.4, -0.2) is 23.3 Å². The van der Waals surface area contributed by atoms with Crippen LogP contribution < -0.4 is 0 Å². The first-order valence-corrected chi connectivity index (χ1v) is 8.51. The lowest BCUT2D eigenvalue weighted by Crippen LogP contribution is -2.47. The average Bonchev–Trinajstić information content (AvgIpc) is 2.55. The first-order valence-electron chi connectivity index (χ1n) is 8.51. The summed E-state index contributed by atoms with van der Waals surface area (Å²) in [5, 5.41) is 0. The third-order valence-electron chi connectivity index (χ3n) is 4.82. The number of benzene rings is 1. The minimum absolute atomic E-state index is 0.276. The molecular weight excluding hydrogens is 270 g/mol. The lowest BCUT2D eigenvalue weighted by Gasteiger charge is -2.47. The molecule has 3 fully saturated rings. The molecule has 3 aliphatic rings. The number of rotatable bonds is 4. The van der Waals surface area contributed by atoms with Crippen LogP contribution in [0.4, 0.5) is 0 Å². The van der Waals surface area contributed by atoms with Gasteiger partial charge < -0.3 is 9.69 Å². The minimum Gasteiger partial charge on any atom is -0.372 e. The molecule has 2 nitrogen and oxygen atoms in total. The van der Waals surface area contributed by atoms with Gasteiger partial charge in [0.1, 0.15) is 5.78 Å². The monoisotopic (exact) mass is 299 g/mol. The number of Topliss-reactive ketones (excluding diaryl/α,β-unsaturated/α-hetero) is 1. The molecule has 0 amide bonds. The number of hydrogen-bond donors (Lipinski definition) is 0. The van der Waals surface area contributed by atoms with Gasteiger partial charge in [-0.1, -0.05) is 42.5 Å². The maximum absolute atomic E-state index is 10.9. The van der Waals surface area contributed by atoms with E-state index in [1.807, 2.05) is 18.2 Å². The molecule has 0 N–H and O–H groups in total. The van der Waals surface area contributed by atoms with Crippen LogP contribution in [0.3, 0.4) is 0 Å². The van der Waals surface area contributed by atoms with E-state index in [0.29, 0.717) is 6.42 Å². The molecule has 2 aliphatic heterocycles. The second-order valence-electron chi connectivity index (χ2n) is 6.75. The number of carbonyl (C=O) groups excluding carboxylic acids is 1. The van der Waals surface area contributed by atoms with Crippen molar-refractivity contribution in [3.63, 3.8) is 0 Å². The fraction of sp³-hybridized carbons (Fsp3) is 0.550. The van der Waals surface area contributed by atoms with Gasteiger partial charge in [-0.3, -0.25) is 0 Å². The number of allylic oxidation sites excluding steroid dienone is 1. The van der Waals surface area contributed by atoms with Crippen LogP contribution in [0.1, 0.15) is 51.0 Å². The Kier molecular flexibility index (Phi) is 6.23. The Morgan fingerprint density at radius 3 is 2.18 bits per heavy atom. The molecule has 0 aromatic heterocycles. The van der Waals surface area contributed by atoms with Gasteiger partial charge in [0, 0.05) is 24.7 Å². The van der Waals surface area contributed by atoms with Crippen molar-refractivity contribution in [2.45, 2.75) is 58.4 Å². The van der Waals surface area contributed by atoms with Crippen LogP contribution in [0.2, 0.25) is 0 Å². The lowest BCUT2D eigenvalue weighted by atomic mass is 9.79. The number of hydrogen-bond acceptors (Lipinski definition) is 2. The Morgan fingerprint density at radius 2 is 1.77 bits per heavy atom. The highest BCUT2D eigenvalue weighted by Gasteiger charge is 2.33. The van der Waals surface area contributed by atoms with Crippen molar-refractivity contribution in [1.29, 1.82) is 0 Å². The van der Waals surface area contributed by atoms with Crippen molar-refractivity contribution < 1.29 is 4.79 Å². The molecule has 1 aliphatic carbocycles. The van der Waals surface area contributed by atoms with Crippen molar-refractivity contribution >= 4 is 5.78 Å². The fourth-order valence-corrected chi connectivity index (χ4v) is 3.45. The molecule has 2 heteroatoms. The van der Waals surface area contributed by atoms with Gasteiger partial charge in [0.05, 0.1) is 0 Å². The number of nitrogens with zero attached hydrogens (tertiary/aromatic N) is 1. The van der Waals surface area contributed by atoms with E-state index in [0.717, 1.165) is 18.4 Å². The standard InChI is InChI=1S/C13H21NO.C7H8/c1-10(3-4-11(2)15)14-9-12-5-7-13(14)8-6-12;1-7-5-3-2-4-6-7/h12-13H,1,3-9H2,2H3;2-6H,1H3. The maximum atomic E-state index is 10.9. The summed E-state index contributed by atoms with van der Waals surface area (Å²) in [5.74, 6) is 1.17. The number of piperidine rings is 2. The first kappa shape index (κ1) is 16.8. The predicted octanol–water partition coefficient (Wildman–Crippen LogP) is 4.74. The van der Waals surface area contributed by atoms with Gasteiger partial charge in [0.2, 0.25) is 0 Å². The Labute approximate surface area is 135 Å².